The quantitative estimate of drug-likeness (QED) is 0.786. The van der Waals surface area contributed by atoms with Gasteiger partial charge >= 0.3 is 5.97 Å². The average molecular weight is 237 g/mol. The second-order valence-electron chi connectivity index (χ2n) is 4.23. The van der Waals surface area contributed by atoms with E-state index in [4.69, 9.17) is 4.74 Å². The number of hydrogen-bond donors (Lipinski definition) is 1. The second-order valence-corrected chi connectivity index (χ2v) is 4.23. The van der Waals surface area contributed by atoms with Gasteiger partial charge in [-0.3, -0.25) is 4.79 Å². The molecule has 1 aromatic heterocycles. The van der Waals surface area contributed by atoms with Crippen LogP contribution in [0.15, 0.2) is 12.5 Å². The fourth-order valence-electron chi connectivity index (χ4n) is 2.39. The van der Waals surface area contributed by atoms with Crippen molar-refractivity contribution in [1.82, 2.24) is 14.9 Å². The lowest BCUT2D eigenvalue weighted by Crippen LogP contribution is -2.25. The van der Waals surface area contributed by atoms with Gasteiger partial charge in [0.2, 0.25) is 0 Å². The Kier molecular flexibility index (Phi) is 3.78. The largest absolute Gasteiger partial charge is 0.466 e. The highest BCUT2D eigenvalue weighted by Gasteiger charge is 2.36. The molecule has 2 atom stereocenters. The zero-order valence-corrected chi connectivity index (χ0v) is 10.3. The zero-order valence-electron chi connectivity index (χ0n) is 10.3. The molecule has 0 amide bonds. The van der Waals surface area contributed by atoms with Gasteiger partial charge in [-0.25, -0.2) is 4.98 Å². The molecule has 94 valence electrons. The van der Waals surface area contributed by atoms with Crippen LogP contribution >= 0.6 is 0 Å². The number of aryl methyl sites for hydroxylation is 1. The number of aromatic nitrogens is 2. The molecule has 1 aliphatic heterocycles. The molecule has 1 saturated heterocycles. The lowest BCUT2D eigenvalue weighted by Gasteiger charge is -2.18. The van der Waals surface area contributed by atoms with Gasteiger partial charge in [0.25, 0.3) is 0 Å². The van der Waals surface area contributed by atoms with Gasteiger partial charge in [-0.15, -0.1) is 0 Å². The highest BCUT2D eigenvalue weighted by Crippen LogP contribution is 2.28. The summed E-state index contributed by atoms with van der Waals surface area (Å²) in [6.45, 7) is 6.74. The molecule has 0 bridgehead atoms. The molecule has 17 heavy (non-hydrogen) atoms. The van der Waals surface area contributed by atoms with Gasteiger partial charge in [0.1, 0.15) is 0 Å². The molecule has 5 heteroatoms. The number of carbonyl (C=O) groups excluding carboxylic acids is 1. The number of ether oxygens (including phenoxy) is 1. The van der Waals surface area contributed by atoms with Crippen LogP contribution < -0.4 is 5.32 Å². The summed E-state index contributed by atoms with van der Waals surface area (Å²) in [7, 11) is 0. The first-order chi connectivity index (χ1) is 8.27. The summed E-state index contributed by atoms with van der Waals surface area (Å²) in [5.41, 5.74) is 1.12. The molecule has 0 saturated carbocycles. The summed E-state index contributed by atoms with van der Waals surface area (Å²) in [4.78, 5) is 16.0. The van der Waals surface area contributed by atoms with Crippen LogP contribution in [-0.2, 0) is 16.1 Å². The van der Waals surface area contributed by atoms with Crippen molar-refractivity contribution >= 4 is 5.97 Å². The van der Waals surface area contributed by atoms with Crippen LogP contribution in [0.4, 0.5) is 0 Å². The first-order valence-electron chi connectivity index (χ1n) is 6.15. The third kappa shape index (κ3) is 2.34. The van der Waals surface area contributed by atoms with E-state index in [1.54, 1.807) is 0 Å². The van der Waals surface area contributed by atoms with Crippen molar-refractivity contribution in [3.8, 4) is 0 Å². The van der Waals surface area contributed by atoms with Crippen LogP contribution in [0.1, 0.15) is 25.5 Å². The SMILES string of the molecule is CCOC(=O)C1CNCC1c1cncn1CC. The molecule has 2 rings (SSSR count). The van der Waals surface area contributed by atoms with Gasteiger partial charge in [-0.2, -0.15) is 0 Å². The smallest absolute Gasteiger partial charge is 0.310 e. The van der Waals surface area contributed by atoms with Crippen molar-refractivity contribution in [3.05, 3.63) is 18.2 Å². The molecule has 1 aromatic rings. The standard InChI is InChI=1S/C12H19N3O2/c1-3-15-8-14-7-11(15)9-5-13-6-10(9)12(16)17-4-2/h7-10,13H,3-6H2,1-2H3. The van der Waals surface area contributed by atoms with E-state index in [0.717, 1.165) is 18.8 Å². The minimum atomic E-state index is -0.105. The summed E-state index contributed by atoms with van der Waals surface area (Å²) in [5, 5.41) is 3.26. The number of hydrogen-bond acceptors (Lipinski definition) is 4. The predicted molar refractivity (Wildman–Crippen MR) is 63.6 cm³/mol. The van der Waals surface area contributed by atoms with Crippen LogP contribution in [0.2, 0.25) is 0 Å². The second kappa shape index (κ2) is 5.31. The topological polar surface area (TPSA) is 56.1 Å². The maximum absolute atomic E-state index is 11.9. The van der Waals surface area contributed by atoms with Gasteiger partial charge in [0, 0.05) is 37.4 Å². The van der Waals surface area contributed by atoms with Crippen LogP contribution in [0.3, 0.4) is 0 Å². The van der Waals surface area contributed by atoms with E-state index in [9.17, 15) is 4.79 Å². The number of esters is 1. The van der Waals surface area contributed by atoms with Crippen LogP contribution in [0.25, 0.3) is 0 Å². The van der Waals surface area contributed by atoms with Gasteiger partial charge in [-0.05, 0) is 13.8 Å². The van der Waals surface area contributed by atoms with Crippen LogP contribution in [0.5, 0.6) is 0 Å². The molecular weight excluding hydrogens is 218 g/mol. The van der Waals surface area contributed by atoms with E-state index in [1.165, 1.54) is 0 Å². The molecule has 5 nitrogen and oxygen atoms in total. The number of imidazole rings is 1. The molecule has 0 aliphatic carbocycles. The normalized spacial score (nSPS) is 23.9. The summed E-state index contributed by atoms with van der Waals surface area (Å²) in [5.74, 6) is -0.0141. The third-order valence-electron chi connectivity index (χ3n) is 3.27. The van der Waals surface area contributed by atoms with E-state index < -0.39 is 0 Å². The molecule has 0 aromatic carbocycles. The van der Waals surface area contributed by atoms with Crippen molar-refractivity contribution in [2.75, 3.05) is 19.7 Å². The van der Waals surface area contributed by atoms with Crippen molar-refractivity contribution in [2.45, 2.75) is 26.3 Å². The number of rotatable bonds is 4. The summed E-state index contributed by atoms with van der Waals surface area (Å²) in [6, 6.07) is 0. The summed E-state index contributed by atoms with van der Waals surface area (Å²) < 4.78 is 7.21. The Bertz CT molecular complexity index is 389. The van der Waals surface area contributed by atoms with Crippen LogP contribution in [-0.4, -0.2) is 35.2 Å². The van der Waals surface area contributed by atoms with E-state index in [2.05, 4.69) is 21.8 Å². The Morgan fingerprint density at radius 2 is 2.41 bits per heavy atom. The highest BCUT2D eigenvalue weighted by molar-refractivity contribution is 5.74. The number of carbonyl (C=O) groups is 1. The zero-order chi connectivity index (χ0) is 12.3. The minimum absolute atomic E-state index is 0.0862. The maximum atomic E-state index is 11.9. The predicted octanol–water partition coefficient (Wildman–Crippen LogP) is 0.769. The fraction of sp³-hybridized carbons (Fsp3) is 0.667. The van der Waals surface area contributed by atoms with Crippen molar-refractivity contribution in [1.29, 1.82) is 0 Å². The first-order valence-corrected chi connectivity index (χ1v) is 6.15. The monoisotopic (exact) mass is 237 g/mol. The Morgan fingerprint density at radius 3 is 3.12 bits per heavy atom. The highest BCUT2D eigenvalue weighted by atomic mass is 16.5. The Labute approximate surface area is 101 Å². The maximum Gasteiger partial charge on any atom is 0.310 e. The summed E-state index contributed by atoms with van der Waals surface area (Å²) >= 11 is 0. The summed E-state index contributed by atoms with van der Waals surface area (Å²) in [6.07, 6.45) is 3.67. The van der Waals surface area contributed by atoms with E-state index in [-0.39, 0.29) is 17.8 Å². The lowest BCUT2D eigenvalue weighted by atomic mass is 9.93. The average Bonchev–Trinajstić information content (AvgIpc) is 2.97. The van der Waals surface area contributed by atoms with Gasteiger partial charge < -0.3 is 14.6 Å². The fourth-order valence-corrected chi connectivity index (χ4v) is 2.39. The van der Waals surface area contributed by atoms with Gasteiger partial charge in [-0.1, -0.05) is 0 Å². The molecule has 0 radical (unpaired) electrons. The molecule has 1 fully saturated rings. The Morgan fingerprint density at radius 1 is 1.59 bits per heavy atom. The number of nitrogens with one attached hydrogen (secondary N) is 1. The van der Waals surface area contributed by atoms with E-state index >= 15 is 0 Å². The molecule has 1 aliphatic rings. The molecule has 2 unspecified atom stereocenters. The number of nitrogens with zero attached hydrogens (tertiary/aromatic N) is 2. The Balaban J connectivity index is 2.17. The van der Waals surface area contributed by atoms with Gasteiger partial charge in [0.05, 0.1) is 18.9 Å². The van der Waals surface area contributed by atoms with Crippen molar-refractivity contribution in [3.63, 3.8) is 0 Å². The third-order valence-corrected chi connectivity index (χ3v) is 3.27. The van der Waals surface area contributed by atoms with E-state index in [0.29, 0.717) is 13.2 Å². The first kappa shape index (κ1) is 12.1. The minimum Gasteiger partial charge on any atom is -0.466 e. The van der Waals surface area contributed by atoms with Crippen LogP contribution in [0, 0.1) is 5.92 Å². The Hall–Kier alpha value is -1.36. The molecular formula is C12H19N3O2. The van der Waals surface area contributed by atoms with Crippen molar-refractivity contribution < 1.29 is 9.53 Å². The molecule has 2 heterocycles. The lowest BCUT2D eigenvalue weighted by molar-refractivity contribution is -0.147. The molecule has 0 spiro atoms. The van der Waals surface area contributed by atoms with Crippen molar-refractivity contribution in [2.24, 2.45) is 5.92 Å². The molecule has 1 N–H and O–H groups in total. The van der Waals surface area contributed by atoms with Gasteiger partial charge in [0.15, 0.2) is 0 Å². The van der Waals surface area contributed by atoms with E-state index in [1.807, 2.05) is 19.4 Å².